The van der Waals surface area contributed by atoms with Crippen molar-refractivity contribution in [1.29, 1.82) is 0 Å². The van der Waals surface area contributed by atoms with Crippen molar-refractivity contribution in [3.05, 3.63) is 44.7 Å². The Labute approximate surface area is 139 Å². The van der Waals surface area contributed by atoms with E-state index in [4.69, 9.17) is 0 Å². The molecule has 21 heavy (non-hydrogen) atoms. The van der Waals surface area contributed by atoms with Gasteiger partial charge >= 0.3 is 0 Å². The number of aromatic nitrogens is 1. The van der Waals surface area contributed by atoms with Gasteiger partial charge in [-0.05, 0) is 45.9 Å². The molecule has 0 bridgehead atoms. The molecule has 0 aliphatic heterocycles. The largest absolute Gasteiger partial charge is 0.354 e. The van der Waals surface area contributed by atoms with Gasteiger partial charge in [-0.15, -0.1) is 11.3 Å². The fourth-order valence-corrected chi connectivity index (χ4v) is 3.29. The number of nitrogens with one attached hydrogen (secondary N) is 1. The lowest BCUT2D eigenvalue weighted by Crippen LogP contribution is -2.23. The highest BCUT2D eigenvalue weighted by molar-refractivity contribution is 9.10. The van der Waals surface area contributed by atoms with Crippen molar-refractivity contribution in [2.75, 3.05) is 18.5 Å². The van der Waals surface area contributed by atoms with Crippen LogP contribution in [0.25, 0.3) is 0 Å². The summed E-state index contributed by atoms with van der Waals surface area (Å²) in [6.07, 6.45) is 1.87. The minimum absolute atomic E-state index is 0.650. The fourth-order valence-electron chi connectivity index (χ4n) is 2.15. The monoisotopic (exact) mass is 367 g/mol. The Bertz CT molecular complexity index is 555. The van der Waals surface area contributed by atoms with Gasteiger partial charge in [-0.1, -0.05) is 19.9 Å². The Balaban J connectivity index is 2.09. The van der Waals surface area contributed by atoms with Gasteiger partial charge in [0.25, 0.3) is 0 Å². The molecule has 3 nitrogen and oxygen atoms in total. The molecular weight excluding hydrogens is 346 g/mol. The van der Waals surface area contributed by atoms with Gasteiger partial charge in [0.1, 0.15) is 5.82 Å². The Hall–Kier alpha value is -0.910. The number of hydrogen-bond acceptors (Lipinski definition) is 4. The standard InChI is InChI=1S/C16H22BrN3S/c1-12(2)8-18-9-13-7-14(17)10-19-16(13)20(3)11-15-5-4-6-21-15/h4-7,10,12,18H,8-9,11H2,1-3H3. The van der Waals surface area contributed by atoms with Gasteiger partial charge in [0, 0.05) is 34.7 Å². The summed E-state index contributed by atoms with van der Waals surface area (Å²) in [5.41, 5.74) is 1.23. The first-order valence-electron chi connectivity index (χ1n) is 7.15. The number of rotatable bonds is 7. The van der Waals surface area contributed by atoms with E-state index in [-0.39, 0.29) is 0 Å². The Kier molecular flexibility index (Phi) is 6.21. The molecule has 2 heterocycles. The number of hydrogen-bond donors (Lipinski definition) is 1. The molecule has 0 fully saturated rings. The second-order valence-corrected chi connectivity index (χ2v) is 7.54. The van der Waals surface area contributed by atoms with E-state index in [1.807, 2.05) is 6.20 Å². The molecule has 0 aliphatic carbocycles. The molecule has 0 unspecified atom stereocenters. The number of nitrogens with zero attached hydrogens (tertiary/aromatic N) is 2. The third-order valence-corrected chi connectivity index (χ3v) is 4.41. The number of thiophene rings is 1. The molecule has 1 N–H and O–H groups in total. The maximum atomic E-state index is 4.60. The van der Waals surface area contributed by atoms with Crippen LogP contribution in [0.2, 0.25) is 0 Å². The molecule has 0 radical (unpaired) electrons. The van der Waals surface area contributed by atoms with Crippen LogP contribution in [0.1, 0.15) is 24.3 Å². The molecular formula is C16H22BrN3S. The lowest BCUT2D eigenvalue weighted by molar-refractivity contribution is 0.551. The van der Waals surface area contributed by atoms with E-state index in [1.165, 1.54) is 10.4 Å². The molecule has 0 saturated heterocycles. The second-order valence-electron chi connectivity index (χ2n) is 5.60. The van der Waals surface area contributed by atoms with Crippen molar-refractivity contribution >= 4 is 33.1 Å². The third kappa shape index (κ3) is 5.09. The molecule has 2 aromatic heterocycles. The van der Waals surface area contributed by atoms with Crippen molar-refractivity contribution in [3.8, 4) is 0 Å². The highest BCUT2D eigenvalue weighted by atomic mass is 79.9. The molecule has 0 amide bonds. The Morgan fingerprint density at radius 1 is 1.43 bits per heavy atom. The van der Waals surface area contributed by atoms with Crippen LogP contribution in [-0.4, -0.2) is 18.6 Å². The molecule has 2 aromatic rings. The molecule has 114 valence electrons. The van der Waals surface area contributed by atoms with Crippen molar-refractivity contribution in [3.63, 3.8) is 0 Å². The average molecular weight is 368 g/mol. The number of anilines is 1. The van der Waals surface area contributed by atoms with E-state index in [1.54, 1.807) is 11.3 Å². The first kappa shape index (κ1) is 16.5. The van der Waals surface area contributed by atoms with Crippen LogP contribution in [0.5, 0.6) is 0 Å². The maximum Gasteiger partial charge on any atom is 0.133 e. The third-order valence-electron chi connectivity index (χ3n) is 3.11. The zero-order chi connectivity index (χ0) is 15.2. The summed E-state index contributed by atoms with van der Waals surface area (Å²) >= 11 is 5.30. The summed E-state index contributed by atoms with van der Waals surface area (Å²) in [4.78, 5) is 8.16. The van der Waals surface area contributed by atoms with E-state index in [0.29, 0.717) is 5.92 Å². The SMILES string of the molecule is CC(C)CNCc1cc(Br)cnc1N(C)Cc1cccs1. The van der Waals surface area contributed by atoms with E-state index in [9.17, 15) is 0 Å². The van der Waals surface area contributed by atoms with Crippen molar-refractivity contribution in [2.45, 2.75) is 26.9 Å². The number of halogens is 1. The van der Waals surface area contributed by atoms with E-state index >= 15 is 0 Å². The van der Waals surface area contributed by atoms with Gasteiger partial charge in [0.05, 0.1) is 6.54 Å². The first-order valence-corrected chi connectivity index (χ1v) is 8.82. The molecule has 2 rings (SSSR count). The van der Waals surface area contributed by atoms with Crippen molar-refractivity contribution < 1.29 is 0 Å². The zero-order valence-electron chi connectivity index (χ0n) is 12.8. The predicted octanol–water partition coefficient (Wildman–Crippen LogP) is 4.29. The molecule has 0 aromatic carbocycles. The van der Waals surface area contributed by atoms with Gasteiger partial charge in [-0.25, -0.2) is 4.98 Å². The lowest BCUT2D eigenvalue weighted by atomic mass is 10.2. The van der Waals surface area contributed by atoms with Crippen molar-refractivity contribution in [2.24, 2.45) is 5.92 Å². The topological polar surface area (TPSA) is 28.2 Å². The van der Waals surface area contributed by atoms with Crippen LogP contribution in [0.15, 0.2) is 34.2 Å². The van der Waals surface area contributed by atoms with Crippen LogP contribution in [0.4, 0.5) is 5.82 Å². The van der Waals surface area contributed by atoms with Crippen LogP contribution in [0.3, 0.4) is 0 Å². The number of pyridine rings is 1. The zero-order valence-corrected chi connectivity index (χ0v) is 15.2. The van der Waals surface area contributed by atoms with Gasteiger partial charge in [-0.3, -0.25) is 0 Å². The smallest absolute Gasteiger partial charge is 0.133 e. The van der Waals surface area contributed by atoms with Crippen LogP contribution >= 0.6 is 27.3 Å². The Morgan fingerprint density at radius 3 is 2.90 bits per heavy atom. The summed E-state index contributed by atoms with van der Waals surface area (Å²) in [6.45, 7) is 7.19. The maximum absolute atomic E-state index is 4.60. The highest BCUT2D eigenvalue weighted by Gasteiger charge is 2.11. The lowest BCUT2D eigenvalue weighted by Gasteiger charge is -2.21. The van der Waals surface area contributed by atoms with Gasteiger partial charge in [0.2, 0.25) is 0 Å². The molecule has 0 atom stereocenters. The van der Waals surface area contributed by atoms with Crippen LogP contribution < -0.4 is 10.2 Å². The molecule has 0 spiro atoms. The minimum atomic E-state index is 0.650. The van der Waals surface area contributed by atoms with Gasteiger partial charge in [-0.2, -0.15) is 0 Å². The summed E-state index contributed by atoms with van der Waals surface area (Å²) in [7, 11) is 2.10. The van der Waals surface area contributed by atoms with Crippen LogP contribution in [0, 0.1) is 5.92 Å². The second kappa shape index (κ2) is 7.92. The summed E-state index contributed by atoms with van der Waals surface area (Å²) < 4.78 is 1.03. The van der Waals surface area contributed by atoms with E-state index in [2.05, 4.69) is 75.6 Å². The van der Waals surface area contributed by atoms with Crippen molar-refractivity contribution in [1.82, 2.24) is 10.3 Å². The molecule has 0 aliphatic rings. The summed E-state index contributed by atoms with van der Waals surface area (Å²) in [5, 5.41) is 5.61. The minimum Gasteiger partial charge on any atom is -0.354 e. The van der Waals surface area contributed by atoms with Gasteiger partial charge in [0.15, 0.2) is 0 Å². The normalized spacial score (nSPS) is 11.1. The molecule has 5 heteroatoms. The summed E-state index contributed by atoms with van der Waals surface area (Å²) in [6, 6.07) is 6.41. The van der Waals surface area contributed by atoms with E-state index in [0.717, 1.165) is 29.9 Å². The summed E-state index contributed by atoms with van der Waals surface area (Å²) in [5.74, 6) is 1.69. The highest BCUT2D eigenvalue weighted by Crippen LogP contribution is 2.23. The van der Waals surface area contributed by atoms with Crippen LogP contribution in [-0.2, 0) is 13.1 Å². The Morgan fingerprint density at radius 2 is 2.24 bits per heavy atom. The average Bonchev–Trinajstić information content (AvgIpc) is 2.91. The first-order chi connectivity index (χ1) is 10.1. The van der Waals surface area contributed by atoms with Gasteiger partial charge < -0.3 is 10.2 Å². The molecule has 0 saturated carbocycles. The van der Waals surface area contributed by atoms with E-state index < -0.39 is 0 Å². The fraction of sp³-hybridized carbons (Fsp3) is 0.438. The predicted molar refractivity (Wildman–Crippen MR) is 94.9 cm³/mol. The quantitative estimate of drug-likeness (QED) is 0.790.